The molecule has 0 atom stereocenters. The molecular weight excluding hydrogens is 344 g/mol. The second kappa shape index (κ2) is 6.66. The summed E-state index contributed by atoms with van der Waals surface area (Å²) in [7, 11) is 0. The molecule has 138 valence electrons. The van der Waals surface area contributed by atoms with Gasteiger partial charge in [0, 0.05) is 60.0 Å². The van der Waals surface area contributed by atoms with Crippen LogP contribution in [0.25, 0.3) is 22.0 Å². The Morgan fingerprint density at radius 2 is 1.93 bits per heavy atom. The first-order valence-electron chi connectivity index (χ1n) is 9.24. The van der Waals surface area contributed by atoms with Gasteiger partial charge in [-0.25, -0.2) is 0 Å². The van der Waals surface area contributed by atoms with Crippen molar-refractivity contribution in [3.05, 3.63) is 36.2 Å². The highest BCUT2D eigenvalue weighted by atomic mass is 16.5. The third-order valence-electron chi connectivity index (χ3n) is 5.25. The van der Waals surface area contributed by atoms with Gasteiger partial charge < -0.3 is 19.9 Å². The number of hydrogen-bond donors (Lipinski definition) is 2. The molecule has 1 aromatic carbocycles. The maximum Gasteiger partial charge on any atom is 0.158 e. The van der Waals surface area contributed by atoms with Gasteiger partial charge in [-0.15, -0.1) is 10.2 Å². The normalized spacial score (nSPS) is 16.9. The van der Waals surface area contributed by atoms with Crippen molar-refractivity contribution in [3.8, 4) is 22.8 Å². The van der Waals surface area contributed by atoms with Crippen molar-refractivity contribution < 1.29 is 14.6 Å². The van der Waals surface area contributed by atoms with Gasteiger partial charge in [0.1, 0.15) is 17.2 Å². The Kier molecular flexibility index (Phi) is 4.01. The number of rotatable bonds is 3. The van der Waals surface area contributed by atoms with Crippen molar-refractivity contribution in [1.82, 2.24) is 15.2 Å². The van der Waals surface area contributed by atoms with E-state index in [4.69, 9.17) is 9.47 Å². The van der Waals surface area contributed by atoms with E-state index < -0.39 is 0 Å². The van der Waals surface area contributed by atoms with E-state index >= 15 is 0 Å². The summed E-state index contributed by atoms with van der Waals surface area (Å²) in [6.45, 7) is 2.10. The lowest BCUT2D eigenvalue weighted by Gasteiger charge is -2.24. The van der Waals surface area contributed by atoms with Crippen LogP contribution in [-0.4, -0.2) is 46.2 Å². The third kappa shape index (κ3) is 2.84. The van der Waals surface area contributed by atoms with Crippen molar-refractivity contribution in [2.45, 2.75) is 25.3 Å². The number of nitrogens with one attached hydrogen (secondary N) is 1. The molecule has 2 N–H and O–H groups in total. The molecule has 5 rings (SSSR count). The first-order chi connectivity index (χ1) is 13.3. The number of hydrogen-bond acceptors (Lipinski definition) is 7. The average molecular weight is 364 g/mol. The molecule has 1 fully saturated rings. The zero-order valence-corrected chi connectivity index (χ0v) is 14.8. The zero-order valence-electron chi connectivity index (χ0n) is 14.8. The average Bonchev–Trinajstić information content (AvgIpc) is 3.20. The number of anilines is 1. The number of nitrogens with zero attached hydrogens (tertiary/aromatic N) is 3. The van der Waals surface area contributed by atoms with Crippen LogP contribution < -0.4 is 10.1 Å². The van der Waals surface area contributed by atoms with Crippen LogP contribution in [-0.2, 0) is 11.2 Å². The van der Waals surface area contributed by atoms with Crippen molar-refractivity contribution in [2.24, 2.45) is 0 Å². The number of benzene rings is 1. The largest absolute Gasteiger partial charge is 0.507 e. The maximum absolute atomic E-state index is 10.8. The molecule has 0 radical (unpaired) electrons. The molecule has 0 spiro atoms. The fourth-order valence-electron chi connectivity index (χ4n) is 3.79. The van der Waals surface area contributed by atoms with Crippen molar-refractivity contribution in [1.29, 1.82) is 0 Å². The number of aromatic hydroxyl groups is 1. The fraction of sp³-hybridized carbons (Fsp3) is 0.350. The summed E-state index contributed by atoms with van der Waals surface area (Å²) in [6, 6.07) is 5.96. The Morgan fingerprint density at radius 3 is 2.81 bits per heavy atom. The van der Waals surface area contributed by atoms with Crippen LogP contribution in [0.2, 0.25) is 0 Å². The molecule has 1 saturated heterocycles. The van der Waals surface area contributed by atoms with Gasteiger partial charge in [0.05, 0.1) is 6.61 Å². The van der Waals surface area contributed by atoms with Crippen molar-refractivity contribution in [2.75, 3.05) is 25.1 Å². The second-order valence-electron chi connectivity index (χ2n) is 6.89. The van der Waals surface area contributed by atoms with E-state index in [1.165, 1.54) is 0 Å². The summed E-state index contributed by atoms with van der Waals surface area (Å²) in [5, 5.41) is 24.9. The number of phenolic OH excluding ortho intramolecular Hbond substituents is 1. The van der Waals surface area contributed by atoms with Crippen LogP contribution in [0.4, 0.5) is 5.82 Å². The topological polar surface area (TPSA) is 89.4 Å². The summed E-state index contributed by atoms with van der Waals surface area (Å²) in [5.41, 5.74) is 2.15. The van der Waals surface area contributed by atoms with Crippen LogP contribution in [0.1, 0.15) is 18.4 Å². The summed E-state index contributed by atoms with van der Waals surface area (Å²) in [4.78, 5) is 4.27. The lowest BCUT2D eigenvalue weighted by atomic mass is 10.0. The maximum atomic E-state index is 10.8. The highest BCUT2D eigenvalue weighted by Gasteiger charge is 2.23. The van der Waals surface area contributed by atoms with Crippen LogP contribution >= 0.6 is 0 Å². The van der Waals surface area contributed by atoms with Gasteiger partial charge in [0.15, 0.2) is 5.82 Å². The second-order valence-corrected chi connectivity index (χ2v) is 6.89. The van der Waals surface area contributed by atoms with Gasteiger partial charge in [-0.2, -0.15) is 0 Å². The van der Waals surface area contributed by atoms with Crippen LogP contribution in [0.15, 0.2) is 30.6 Å². The van der Waals surface area contributed by atoms with Gasteiger partial charge >= 0.3 is 0 Å². The Labute approximate surface area is 156 Å². The molecule has 2 aliphatic heterocycles. The molecule has 7 heteroatoms. The SMILES string of the molecule is Oc1c(-c2nnc(NC3CCOCC3)c3cnccc23)ccc2c1CCO2. The van der Waals surface area contributed by atoms with Crippen molar-refractivity contribution >= 4 is 16.6 Å². The van der Waals surface area contributed by atoms with E-state index in [0.29, 0.717) is 30.3 Å². The predicted molar refractivity (Wildman–Crippen MR) is 101 cm³/mol. The number of aromatic nitrogens is 3. The summed E-state index contributed by atoms with van der Waals surface area (Å²) in [6.07, 6.45) is 6.11. The highest BCUT2D eigenvalue weighted by molar-refractivity contribution is 6.00. The molecule has 0 bridgehead atoms. The molecule has 2 aromatic heterocycles. The smallest absolute Gasteiger partial charge is 0.158 e. The third-order valence-corrected chi connectivity index (χ3v) is 5.25. The summed E-state index contributed by atoms with van der Waals surface area (Å²) >= 11 is 0. The molecule has 27 heavy (non-hydrogen) atoms. The molecular formula is C20H20N4O3. The predicted octanol–water partition coefficient (Wildman–Crippen LogP) is 2.92. The monoisotopic (exact) mass is 364 g/mol. The Morgan fingerprint density at radius 1 is 1.04 bits per heavy atom. The van der Waals surface area contributed by atoms with Crippen LogP contribution in [0, 0.1) is 0 Å². The molecule has 0 unspecified atom stereocenters. The fourth-order valence-corrected chi connectivity index (χ4v) is 3.79. The molecule has 7 nitrogen and oxygen atoms in total. The lowest BCUT2D eigenvalue weighted by Crippen LogP contribution is -2.28. The van der Waals surface area contributed by atoms with Crippen LogP contribution in [0.5, 0.6) is 11.5 Å². The quantitative estimate of drug-likeness (QED) is 0.738. The van der Waals surface area contributed by atoms with E-state index in [1.807, 2.05) is 18.2 Å². The van der Waals surface area contributed by atoms with Gasteiger partial charge in [-0.05, 0) is 31.0 Å². The van der Waals surface area contributed by atoms with Gasteiger partial charge in [0.25, 0.3) is 0 Å². The van der Waals surface area contributed by atoms with Gasteiger partial charge in [0.2, 0.25) is 0 Å². The van der Waals surface area contributed by atoms with Gasteiger partial charge in [-0.1, -0.05) is 0 Å². The van der Waals surface area contributed by atoms with Gasteiger partial charge in [-0.3, -0.25) is 4.98 Å². The summed E-state index contributed by atoms with van der Waals surface area (Å²) < 4.78 is 11.0. The van der Waals surface area contributed by atoms with E-state index in [2.05, 4.69) is 20.5 Å². The van der Waals surface area contributed by atoms with E-state index in [0.717, 1.165) is 54.0 Å². The van der Waals surface area contributed by atoms with E-state index in [1.54, 1.807) is 12.4 Å². The minimum Gasteiger partial charge on any atom is -0.507 e. The lowest BCUT2D eigenvalue weighted by molar-refractivity contribution is 0.0904. The standard InChI is InChI=1S/C20H20N4O3/c25-19-14-6-10-27-17(14)2-1-15(19)18-13-3-7-21-11-16(13)20(24-23-18)22-12-4-8-26-9-5-12/h1-3,7,11-12,25H,4-6,8-10H2,(H,22,24). The molecule has 3 aromatic rings. The molecule has 0 saturated carbocycles. The summed E-state index contributed by atoms with van der Waals surface area (Å²) in [5.74, 6) is 1.69. The number of phenols is 1. The molecule has 4 heterocycles. The van der Waals surface area contributed by atoms with E-state index in [-0.39, 0.29) is 5.75 Å². The number of ether oxygens (including phenoxy) is 2. The minimum absolute atomic E-state index is 0.225. The zero-order chi connectivity index (χ0) is 18.2. The minimum atomic E-state index is 0.225. The number of fused-ring (bicyclic) bond motifs is 2. The Hall–Kier alpha value is -2.93. The Balaban J connectivity index is 1.60. The first kappa shape index (κ1) is 16.3. The Bertz CT molecular complexity index is 1000. The van der Waals surface area contributed by atoms with Crippen LogP contribution in [0.3, 0.4) is 0 Å². The number of pyridine rings is 1. The highest BCUT2D eigenvalue weighted by Crippen LogP contribution is 2.41. The molecule has 2 aliphatic rings. The van der Waals surface area contributed by atoms with E-state index in [9.17, 15) is 5.11 Å². The van der Waals surface area contributed by atoms with Crippen molar-refractivity contribution in [3.63, 3.8) is 0 Å². The first-order valence-corrected chi connectivity index (χ1v) is 9.24. The molecule has 0 amide bonds. The molecule has 0 aliphatic carbocycles.